The number of piperazine rings is 1. The number of hydrogen-bond acceptors (Lipinski definition) is 8. The number of carbonyl (C=O) groups is 1. The number of nitrogens with zero attached hydrogens (tertiary/aromatic N) is 5. The van der Waals surface area contributed by atoms with Gasteiger partial charge in [0.05, 0.1) is 24.9 Å². The van der Waals surface area contributed by atoms with Crippen molar-refractivity contribution in [3.05, 3.63) is 11.3 Å². The number of carbonyl (C=O) groups excluding carboxylic acids is 1. The Hall–Kier alpha value is -2.13. The molecule has 2 unspecified atom stereocenters. The van der Waals surface area contributed by atoms with Crippen molar-refractivity contribution in [1.82, 2.24) is 25.1 Å². The summed E-state index contributed by atoms with van der Waals surface area (Å²) in [7, 11) is 3.78. The molecule has 4 aliphatic rings. The third-order valence-electron chi connectivity index (χ3n) is 6.79. The summed E-state index contributed by atoms with van der Waals surface area (Å²) in [4.78, 5) is 28.5. The summed E-state index contributed by atoms with van der Waals surface area (Å²) in [5.74, 6) is 0.971. The van der Waals surface area contributed by atoms with E-state index in [2.05, 4.69) is 32.1 Å². The van der Waals surface area contributed by atoms with Gasteiger partial charge < -0.3 is 24.6 Å². The molecule has 3 fully saturated rings. The molecule has 184 valence electrons. The molecule has 0 radical (unpaired) electrons. The number of likely N-dealkylation sites (tertiary alicyclic amines) is 1. The zero-order valence-corrected chi connectivity index (χ0v) is 20.9. The lowest BCUT2D eigenvalue weighted by Gasteiger charge is -2.42. The van der Waals surface area contributed by atoms with Crippen LogP contribution in [0.25, 0.3) is 0 Å². The van der Waals surface area contributed by atoms with Gasteiger partial charge in [0.2, 0.25) is 0 Å². The van der Waals surface area contributed by atoms with Crippen LogP contribution in [0.2, 0.25) is 0 Å². The van der Waals surface area contributed by atoms with Crippen molar-refractivity contribution >= 4 is 11.9 Å². The minimum Gasteiger partial charge on any atom is -0.467 e. The third-order valence-corrected chi connectivity index (χ3v) is 6.79. The predicted molar refractivity (Wildman–Crippen MR) is 128 cm³/mol. The summed E-state index contributed by atoms with van der Waals surface area (Å²) in [6, 6.07) is 0.739. The van der Waals surface area contributed by atoms with E-state index in [0.29, 0.717) is 6.01 Å². The molecule has 1 amide bonds. The molecule has 2 bridgehead atoms. The van der Waals surface area contributed by atoms with E-state index in [0.717, 1.165) is 57.0 Å². The third kappa shape index (κ3) is 5.69. The first-order chi connectivity index (χ1) is 15.7. The van der Waals surface area contributed by atoms with Gasteiger partial charge in [-0.25, -0.2) is 4.79 Å². The van der Waals surface area contributed by atoms with Gasteiger partial charge in [0.1, 0.15) is 11.4 Å². The molecule has 0 spiro atoms. The Bertz CT molecular complexity index is 822. The van der Waals surface area contributed by atoms with Crippen LogP contribution in [-0.2, 0) is 17.7 Å². The second-order valence-electron chi connectivity index (χ2n) is 10.6. The maximum atomic E-state index is 12.7. The Kier molecular flexibility index (Phi) is 7.28. The van der Waals surface area contributed by atoms with Crippen molar-refractivity contribution < 1.29 is 14.3 Å². The Labute approximate surface area is 197 Å². The van der Waals surface area contributed by atoms with Crippen LogP contribution in [0.4, 0.5) is 10.6 Å². The summed E-state index contributed by atoms with van der Waals surface area (Å²) in [5, 5.41) is 3.36. The van der Waals surface area contributed by atoms with Crippen LogP contribution in [0.5, 0.6) is 6.01 Å². The molecule has 1 aromatic rings. The van der Waals surface area contributed by atoms with E-state index in [-0.39, 0.29) is 18.2 Å². The molecule has 5 rings (SSSR count). The minimum absolute atomic E-state index is 0.164. The van der Waals surface area contributed by atoms with E-state index in [4.69, 9.17) is 9.47 Å². The van der Waals surface area contributed by atoms with Crippen LogP contribution >= 0.6 is 0 Å². The molecule has 5 heterocycles. The zero-order valence-electron chi connectivity index (χ0n) is 20.9. The van der Waals surface area contributed by atoms with Crippen molar-refractivity contribution in [2.24, 2.45) is 0 Å². The Morgan fingerprint density at radius 1 is 1.09 bits per heavy atom. The fourth-order valence-corrected chi connectivity index (χ4v) is 5.23. The van der Waals surface area contributed by atoms with Crippen LogP contribution in [0, 0.1) is 0 Å². The number of ether oxygens (including phenoxy) is 2. The van der Waals surface area contributed by atoms with Crippen LogP contribution in [0.15, 0.2) is 0 Å². The van der Waals surface area contributed by atoms with Crippen LogP contribution in [0.3, 0.4) is 0 Å². The summed E-state index contributed by atoms with van der Waals surface area (Å²) in [6.07, 6.45) is 5.56. The molecular weight excluding hydrogens is 420 g/mol. The highest BCUT2D eigenvalue weighted by atomic mass is 16.6. The molecule has 1 aromatic heterocycles. The smallest absolute Gasteiger partial charge is 0.410 e. The largest absolute Gasteiger partial charge is 0.467 e. The summed E-state index contributed by atoms with van der Waals surface area (Å²) >= 11 is 0. The number of methoxy groups -OCH3 is 1. The maximum absolute atomic E-state index is 12.7. The number of rotatable bonds is 2. The molecular formula is C24H40N6O3. The normalized spacial score (nSPS) is 24.8. The number of nitrogens with one attached hydrogen (secondary N) is 1. The fraction of sp³-hybridized carbons (Fsp3) is 0.792. The number of amides is 1. The standard InChI is InChI=1S/C19H29N5O3.C5H11N/c1-19(2,3)27-18(25)24-12-5-6-13(24)11-23(10-12)16-14-7-8-20-9-15(14)21-17(22-16)26-4;1-6-4-2-3-5-6/h12-13,20H,5-11H2,1-4H3;2-5H2,1H3. The van der Waals surface area contributed by atoms with Crippen molar-refractivity contribution in [3.63, 3.8) is 0 Å². The number of aromatic nitrogens is 2. The highest BCUT2D eigenvalue weighted by Gasteiger charge is 2.45. The number of fused-ring (bicyclic) bond motifs is 3. The number of hydrogen-bond donors (Lipinski definition) is 1. The van der Waals surface area contributed by atoms with Crippen LogP contribution in [0.1, 0.15) is 57.7 Å². The monoisotopic (exact) mass is 460 g/mol. The lowest BCUT2D eigenvalue weighted by Crippen LogP contribution is -2.57. The summed E-state index contributed by atoms with van der Waals surface area (Å²) in [6.45, 7) is 11.6. The summed E-state index contributed by atoms with van der Waals surface area (Å²) in [5.41, 5.74) is 1.75. The average Bonchev–Trinajstić information content (AvgIpc) is 3.36. The molecule has 0 saturated carbocycles. The molecule has 4 aliphatic heterocycles. The molecule has 2 atom stereocenters. The number of anilines is 1. The Morgan fingerprint density at radius 3 is 2.30 bits per heavy atom. The van der Waals surface area contributed by atoms with Gasteiger partial charge in [0, 0.05) is 25.2 Å². The Morgan fingerprint density at radius 2 is 1.76 bits per heavy atom. The van der Waals surface area contributed by atoms with Gasteiger partial charge in [-0.3, -0.25) is 4.90 Å². The lowest BCUT2D eigenvalue weighted by atomic mass is 10.1. The minimum atomic E-state index is -0.472. The van der Waals surface area contributed by atoms with Gasteiger partial charge in [-0.15, -0.1) is 0 Å². The van der Waals surface area contributed by atoms with Gasteiger partial charge in [0.25, 0.3) is 0 Å². The molecule has 3 saturated heterocycles. The first kappa shape index (κ1) is 24.0. The zero-order chi connectivity index (χ0) is 23.6. The fourth-order valence-electron chi connectivity index (χ4n) is 5.23. The maximum Gasteiger partial charge on any atom is 0.410 e. The first-order valence-electron chi connectivity index (χ1n) is 12.3. The lowest BCUT2D eigenvalue weighted by molar-refractivity contribution is 0.0122. The van der Waals surface area contributed by atoms with Gasteiger partial charge in [-0.2, -0.15) is 9.97 Å². The average molecular weight is 461 g/mol. The van der Waals surface area contributed by atoms with E-state index in [1.807, 2.05) is 25.7 Å². The van der Waals surface area contributed by atoms with Crippen molar-refractivity contribution in [2.75, 3.05) is 51.8 Å². The van der Waals surface area contributed by atoms with Gasteiger partial charge in [0.15, 0.2) is 0 Å². The molecule has 0 aromatic carbocycles. The molecule has 9 nitrogen and oxygen atoms in total. The SMILES string of the molecule is CN1CCCC1.COc1nc2c(c(N3CC4CCC(C3)N4C(=O)OC(C)(C)C)n1)CCNC2. The van der Waals surface area contributed by atoms with E-state index >= 15 is 0 Å². The highest BCUT2D eigenvalue weighted by Crippen LogP contribution is 2.35. The molecule has 9 heteroatoms. The van der Waals surface area contributed by atoms with E-state index in [9.17, 15) is 4.79 Å². The van der Waals surface area contributed by atoms with E-state index in [1.54, 1.807) is 7.11 Å². The first-order valence-corrected chi connectivity index (χ1v) is 12.3. The second-order valence-corrected chi connectivity index (χ2v) is 10.6. The van der Waals surface area contributed by atoms with Gasteiger partial charge in [-0.1, -0.05) is 0 Å². The highest BCUT2D eigenvalue weighted by molar-refractivity contribution is 5.70. The van der Waals surface area contributed by atoms with Crippen molar-refractivity contribution in [2.45, 2.75) is 77.1 Å². The van der Waals surface area contributed by atoms with Crippen LogP contribution in [-0.4, -0.2) is 90.4 Å². The van der Waals surface area contributed by atoms with Gasteiger partial charge >= 0.3 is 12.1 Å². The van der Waals surface area contributed by atoms with E-state index < -0.39 is 5.60 Å². The quantitative estimate of drug-likeness (QED) is 0.721. The summed E-state index contributed by atoms with van der Waals surface area (Å²) < 4.78 is 11.0. The predicted octanol–water partition coefficient (Wildman–Crippen LogP) is 2.43. The second kappa shape index (κ2) is 10.0. The van der Waals surface area contributed by atoms with Crippen molar-refractivity contribution in [3.8, 4) is 6.01 Å². The van der Waals surface area contributed by atoms with Gasteiger partial charge in [-0.05, 0) is 79.6 Å². The van der Waals surface area contributed by atoms with E-state index in [1.165, 1.54) is 31.5 Å². The molecule has 0 aliphatic carbocycles. The Balaban J connectivity index is 0.000000376. The molecule has 1 N–H and O–H groups in total. The molecule has 33 heavy (non-hydrogen) atoms. The van der Waals surface area contributed by atoms with Crippen molar-refractivity contribution in [1.29, 1.82) is 0 Å². The topological polar surface area (TPSA) is 83.1 Å². The van der Waals surface area contributed by atoms with Crippen LogP contribution < -0.4 is 15.0 Å².